The van der Waals surface area contributed by atoms with Crippen molar-refractivity contribution in [1.82, 2.24) is 0 Å². The van der Waals surface area contributed by atoms with Crippen LogP contribution in [0.3, 0.4) is 0 Å². The van der Waals surface area contributed by atoms with E-state index in [2.05, 4.69) is 6.07 Å². The van der Waals surface area contributed by atoms with Crippen molar-refractivity contribution in [3.05, 3.63) is 54.1 Å². The van der Waals surface area contributed by atoms with Crippen molar-refractivity contribution >= 4 is 29.0 Å². The van der Waals surface area contributed by atoms with E-state index in [1.165, 1.54) is 4.90 Å². The number of anilines is 2. The highest BCUT2D eigenvalue weighted by Gasteiger charge is 2.23. The second-order valence-electron chi connectivity index (χ2n) is 5.21. The predicted molar refractivity (Wildman–Crippen MR) is 89.6 cm³/mol. The number of fused-ring (bicyclic) bond motifs is 1. The van der Waals surface area contributed by atoms with Crippen LogP contribution in [0.15, 0.2) is 53.4 Å². The van der Waals surface area contributed by atoms with Crippen LogP contribution >= 0.6 is 11.8 Å². The number of rotatable bonds is 2. The van der Waals surface area contributed by atoms with Gasteiger partial charge in [-0.3, -0.25) is 4.79 Å². The number of benzene rings is 2. The Morgan fingerprint density at radius 1 is 1.10 bits per heavy atom. The minimum absolute atomic E-state index is 0.0769. The van der Waals surface area contributed by atoms with Gasteiger partial charge in [0, 0.05) is 42.5 Å². The monoisotopic (exact) mass is 298 g/mol. The van der Waals surface area contributed by atoms with Gasteiger partial charge in [0.2, 0.25) is 0 Å². The second-order valence-corrected chi connectivity index (χ2v) is 6.35. The van der Waals surface area contributed by atoms with E-state index in [0.29, 0.717) is 0 Å². The summed E-state index contributed by atoms with van der Waals surface area (Å²) < 4.78 is 0. The maximum Gasteiger partial charge on any atom is 0.258 e. The zero-order chi connectivity index (χ0) is 14.8. The summed E-state index contributed by atoms with van der Waals surface area (Å²) in [6.45, 7) is 0.760. The first-order valence-electron chi connectivity index (χ1n) is 6.98. The highest BCUT2D eigenvalue weighted by molar-refractivity contribution is 7.99. The fourth-order valence-electron chi connectivity index (χ4n) is 2.44. The van der Waals surface area contributed by atoms with Crippen LogP contribution in [0.2, 0.25) is 0 Å². The maximum atomic E-state index is 12.7. The molecule has 0 bridgehead atoms. The summed E-state index contributed by atoms with van der Waals surface area (Å²) in [6, 6.07) is 15.9. The summed E-state index contributed by atoms with van der Waals surface area (Å²) in [4.78, 5) is 17.8. The maximum absolute atomic E-state index is 12.7. The Kier molecular flexibility index (Phi) is 3.88. The first-order chi connectivity index (χ1) is 10.2. The predicted octanol–water partition coefficient (Wildman–Crippen LogP) is 3.51. The normalized spacial score (nSPS) is 13.7. The largest absolute Gasteiger partial charge is 0.378 e. The molecule has 1 aliphatic rings. The number of hydrogen-bond acceptors (Lipinski definition) is 3. The summed E-state index contributed by atoms with van der Waals surface area (Å²) in [5.41, 5.74) is 2.86. The van der Waals surface area contributed by atoms with Gasteiger partial charge in [-0.05, 0) is 36.4 Å². The third kappa shape index (κ3) is 2.76. The number of carbonyl (C=O) groups excluding carboxylic acids is 1. The number of amides is 1. The summed E-state index contributed by atoms with van der Waals surface area (Å²) in [7, 11) is 3.99. The Hall–Kier alpha value is -1.94. The topological polar surface area (TPSA) is 23.6 Å². The van der Waals surface area contributed by atoms with Crippen molar-refractivity contribution in [2.45, 2.75) is 4.90 Å². The van der Waals surface area contributed by atoms with Crippen molar-refractivity contribution in [3.63, 3.8) is 0 Å². The zero-order valence-electron chi connectivity index (χ0n) is 12.2. The van der Waals surface area contributed by atoms with Crippen molar-refractivity contribution in [3.8, 4) is 0 Å². The first-order valence-corrected chi connectivity index (χ1v) is 7.96. The number of hydrogen-bond donors (Lipinski definition) is 0. The first kappa shape index (κ1) is 14.0. The third-order valence-corrected chi connectivity index (χ3v) is 4.65. The van der Waals surface area contributed by atoms with E-state index in [9.17, 15) is 4.79 Å². The van der Waals surface area contributed by atoms with E-state index in [4.69, 9.17) is 0 Å². The lowest BCUT2D eigenvalue weighted by Gasteiger charge is -2.29. The molecule has 4 heteroatoms. The number of thioether (sulfide) groups is 1. The number of para-hydroxylation sites is 1. The molecule has 0 aromatic heterocycles. The standard InChI is InChI=1S/C17H18N2OS/c1-18(2)14-9-7-13(8-10-14)17(20)19-11-12-21-16-6-4-3-5-15(16)19/h3-10H,11-12H2,1-2H3. The van der Waals surface area contributed by atoms with Gasteiger partial charge >= 0.3 is 0 Å². The van der Waals surface area contributed by atoms with E-state index in [-0.39, 0.29) is 5.91 Å². The molecule has 1 amide bonds. The molecule has 108 valence electrons. The summed E-state index contributed by atoms with van der Waals surface area (Å²) in [6.07, 6.45) is 0. The Balaban J connectivity index is 1.89. The molecule has 21 heavy (non-hydrogen) atoms. The molecule has 3 nitrogen and oxygen atoms in total. The van der Waals surface area contributed by atoms with Crippen LogP contribution in [0.4, 0.5) is 11.4 Å². The van der Waals surface area contributed by atoms with Crippen LogP contribution in [-0.4, -0.2) is 32.3 Å². The summed E-state index contributed by atoms with van der Waals surface area (Å²) in [5.74, 6) is 1.02. The van der Waals surface area contributed by atoms with Gasteiger partial charge in [-0.1, -0.05) is 12.1 Å². The molecule has 0 aliphatic carbocycles. The van der Waals surface area contributed by atoms with E-state index in [0.717, 1.165) is 29.2 Å². The van der Waals surface area contributed by atoms with Crippen molar-refractivity contribution in [2.24, 2.45) is 0 Å². The van der Waals surface area contributed by atoms with Crippen molar-refractivity contribution in [2.75, 3.05) is 36.2 Å². The van der Waals surface area contributed by atoms with Gasteiger partial charge in [-0.25, -0.2) is 0 Å². The lowest BCUT2D eigenvalue weighted by Crippen LogP contribution is -2.35. The molecule has 0 saturated heterocycles. The zero-order valence-corrected chi connectivity index (χ0v) is 13.1. The molecule has 0 fully saturated rings. The molecule has 2 aromatic carbocycles. The van der Waals surface area contributed by atoms with Crippen LogP contribution < -0.4 is 9.80 Å². The Bertz CT molecular complexity index is 652. The van der Waals surface area contributed by atoms with Crippen molar-refractivity contribution in [1.29, 1.82) is 0 Å². The lowest BCUT2D eigenvalue weighted by atomic mass is 10.1. The molecule has 1 heterocycles. The fraction of sp³-hybridized carbons (Fsp3) is 0.235. The summed E-state index contributed by atoms with van der Waals surface area (Å²) in [5, 5.41) is 0. The molecule has 0 radical (unpaired) electrons. The van der Waals surface area contributed by atoms with Crippen LogP contribution in [0.5, 0.6) is 0 Å². The molecule has 0 spiro atoms. The molecule has 2 aromatic rings. The highest BCUT2D eigenvalue weighted by Crippen LogP contribution is 2.35. The van der Waals surface area contributed by atoms with E-state index in [1.54, 1.807) is 0 Å². The minimum atomic E-state index is 0.0769. The minimum Gasteiger partial charge on any atom is -0.378 e. The number of carbonyl (C=O) groups is 1. The van der Waals surface area contributed by atoms with Crippen LogP contribution in [0.25, 0.3) is 0 Å². The molecule has 0 unspecified atom stereocenters. The Morgan fingerprint density at radius 3 is 2.52 bits per heavy atom. The van der Waals surface area contributed by atoms with Gasteiger partial charge in [0.1, 0.15) is 0 Å². The number of nitrogens with zero attached hydrogens (tertiary/aromatic N) is 2. The van der Waals surface area contributed by atoms with E-state index < -0.39 is 0 Å². The Morgan fingerprint density at radius 2 is 1.81 bits per heavy atom. The average Bonchev–Trinajstić information content (AvgIpc) is 2.53. The average molecular weight is 298 g/mol. The van der Waals surface area contributed by atoms with Gasteiger partial charge in [-0.15, -0.1) is 11.8 Å². The van der Waals surface area contributed by atoms with E-state index >= 15 is 0 Å². The molecular weight excluding hydrogens is 280 g/mol. The van der Waals surface area contributed by atoms with Crippen LogP contribution in [0, 0.1) is 0 Å². The van der Waals surface area contributed by atoms with Crippen molar-refractivity contribution < 1.29 is 4.79 Å². The molecule has 1 aliphatic heterocycles. The molecule has 0 saturated carbocycles. The van der Waals surface area contributed by atoms with Gasteiger partial charge < -0.3 is 9.80 Å². The van der Waals surface area contributed by atoms with E-state index in [1.807, 2.05) is 78.1 Å². The van der Waals surface area contributed by atoms with Crippen LogP contribution in [-0.2, 0) is 0 Å². The van der Waals surface area contributed by atoms with Gasteiger partial charge in [-0.2, -0.15) is 0 Å². The quantitative estimate of drug-likeness (QED) is 0.848. The SMILES string of the molecule is CN(C)c1ccc(C(=O)N2CCSc3ccccc32)cc1. The molecule has 0 atom stereocenters. The second kappa shape index (κ2) is 5.82. The Labute approximate surface area is 129 Å². The third-order valence-electron chi connectivity index (χ3n) is 3.60. The molecule has 0 N–H and O–H groups in total. The van der Waals surface area contributed by atoms with Gasteiger partial charge in [0.15, 0.2) is 0 Å². The fourth-order valence-corrected chi connectivity index (χ4v) is 3.43. The van der Waals surface area contributed by atoms with Gasteiger partial charge in [0.25, 0.3) is 5.91 Å². The van der Waals surface area contributed by atoms with Crippen LogP contribution in [0.1, 0.15) is 10.4 Å². The highest BCUT2D eigenvalue weighted by atomic mass is 32.2. The molecular formula is C17H18N2OS. The smallest absolute Gasteiger partial charge is 0.258 e. The van der Waals surface area contributed by atoms with Gasteiger partial charge in [0.05, 0.1) is 5.69 Å². The molecule has 3 rings (SSSR count). The lowest BCUT2D eigenvalue weighted by molar-refractivity contribution is 0.0987. The summed E-state index contributed by atoms with van der Waals surface area (Å²) >= 11 is 1.81.